The zero-order chi connectivity index (χ0) is 17.2. The minimum absolute atomic E-state index is 0.0414. The van der Waals surface area contributed by atoms with Gasteiger partial charge in [-0.2, -0.15) is 5.10 Å². The number of hydrogen-bond acceptors (Lipinski definition) is 4. The number of rotatable bonds is 6. The van der Waals surface area contributed by atoms with E-state index in [0.29, 0.717) is 12.1 Å². The second-order valence-electron chi connectivity index (χ2n) is 7.04. The Morgan fingerprint density at radius 2 is 2.00 bits per heavy atom. The van der Waals surface area contributed by atoms with Crippen LogP contribution in [0.4, 0.5) is 0 Å². The lowest BCUT2D eigenvalue weighted by Gasteiger charge is -2.23. The van der Waals surface area contributed by atoms with Gasteiger partial charge in [0.2, 0.25) is 0 Å². The fourth-order valence-electron chi connectivity index (χ4n) is 3.21. The summed E-state index contributed by atoms with van der Waals surface area (Å²) in [5.74, 6) is 2.09. The van der Waals surface area contributed by atoms with Gasteiger partial charge in [0.25, 0.3) is 5.91 Å². The molecule has 1 aromatic heterocycles. The Morgan fingerprint density at radius 1 is 1.20 bits per heavy atom. The van der Waals surface area contributed by atoms with E-state index in [1.54, 1.807) is 0 Å². The molecule has 1 aliphatic carbocycles. The van der Waals surface area contributed by atoms with Gasteiger partial charge in [-0.3, -0.25) is 4.79 Å². The average Bonchev–Trinajstić information content (AvgIpc) is 3.35. The Hall–Kier alpha value is -2.21. The molecule has 1 aromatic carbocycles. The number of hydrogen-bond donors (Lipinski definition) is 2. The van der Waals surface area contributed by atoms with Crippen molar-refractivity contribution in [3.63, 3.8) is 0 Å². The molecule has 1 fully saturated rings. The highest BCUT2D eigenvalue weighted by atomic mass is 16.1. The molecule has 0 radical (unpaired) electrons. The van der Waals surface area contributed by atoms with E-state index in [4.69, 9.17) is 0 Å². The molecule has 2 aliphatic rings. The van der Waals surface area contributed by atoms with E-state index in [9.17, 15) is 4.79 Å². The van der Waals surface area contributed by atoms with Crippen LogP contribution in [0, 0.1) is 0 Å². The van der Waals surface area contributed by atoms with Crippen molar-refractivity contribution < 1.29 is 4.79 Å². The maximum absolute atomic E-state index is 12.0. The second kappa shape index (κ2) is 6.96. The summed E-state index contributed by atoms with van der Waals surface area (Å²) in [6, 6.07) is 8.71. The third-order valence-electron chi connectivity index (χ3n) is 4.94. The number of fused-ring (bicyclic) bond motifs is 1. The van der Waals surface area contributed by atoms with E-state index in [-0.39, 0.29) is 5.91 Å². The van der Waals surface area contributed by atoms with Gasteiger partial charge in [-0.05, 0) is 37.0 Å². The van der Waals surface area contributed by atoms with Gasteiger partial charge >= 0.3 is 0 Å². The summed E-state index contributed by atoms with van der Waals surface area (Å²) in [5, 5.41) is 11.2. The van der Waals surface area contributed by atoms with Crippen molar-refractivity contribution in [3.8, 4) is 0 Å². The largest absolute Gasteiger partial charge is 0.349 e. The highest BCUT2D eigenvalue weighted by Gasteiger charge is 2.24. The summed E-state index contributed by atoms with van der Waals surface area (Å²) >= 11 is 0. The van der Waals surface area contributed by atoms with Crippen LogP contribution in [0.5, 0.6) is 0 Å². The fourth-order valence-corrected chi connectivity index (χ4v) is 3.21. The van der Waals surface area contributed by atoms with Crippen LogP contribution in [-0.4, -0.2) is 32.8 Å². The maximum Gasteiger partial charge on any atom is 0.251 e. The molecule has 2 N–H and O–H groups in total. The van der Waals surface area contributed by atoms with Crippen LogP contribution in [0.15, 0.2) is 24.3 Å². The van der Waals surface area contributed by atoms with Gasteiger partial charge in [0.15, 0.2) is 5.82 Å². The van der Waals surface area contributed by atoms with Crippen molar-refractivity contribution in [3.05, 3.63) is 47.0 Å². The molecule has 6 nitrogen and oxygen atoms in total. The zero-order valence-electron chi connectivity index (χ0n) is 14.7. The Morgan fingerprint density at radius 3 is 2.72 bits per heavy atom. The molecule has 2 aromatic rings. The molecule has 1 atom stereocenters. The van der Waals surface area contributed by atoms with Crippen molar-refractivity contribution in [2.24, 2.45) is 0 Å². The van der Waals surface area contributed by atoms with E-state index in [2.05, 4.69) is 27.6 Å². The number of aryl methyl sites for hydroxylation is 2. The van der Waals surface area contributed by atoms with Gasteiger partial charge in [-0.25, -0.2) is 9.67 Å². The number of benzene rings is 1. The fraction of sp³-hybridized carbons (Fsp3) is 0.526. The van der Waals surface area contributed by atoms with Crippen molar-refractivity contribution in [1.82, 2.24) is 25.4 Å². The first kappa shape index (κ1) is 16.3. The lowest BCUT2D eigenvalue weighted by atomic mass is 10.1. The van der Waals surface area contributed by atoms with Crippen LogP contribution in [0.1, 0.15) is 53.8 Å². The number of aromatic nitrogens is 3. The molecule has 25 heavy (non-hydrogen) atoms. The molecule has 1 amide bonds. The zero-order valence-corrected chi connectivity index (χ0v) is 14.7. The lowest BCUT2D eigenvalue weighted by Crippen LogP contribution is -2.37. The normalized spacial score (nSPS) is 19.5. The van der Waals surface area contributed by atoms with Crippen LogP contribution in [0.3, 0.4) is 0 Å². The first-order chi connectivity index (χ1) is 12.2. The average molecular weight is 339 g/mol. The third-order valence-corrected chi connectivity index (χ3v) is 4.94. The van der Waals surface area contributed by atoms with Crippen LogP contribution in [0.25, 0.3) is 0 Å². The van der Waals surface area contributed by atoms with E-state index in [1.165, 1.54) is 5.56 Å². The third kappa shape index (κ3) is 3.90. The summed E-state index contributed by atoms with van der Waals surface area (Å²) < 4.78 is 2.05. The van der Waals surface area contributed by atoms with E-state index < -0.39 is 0 Å². The molecule has 1 saturated carbocycles. The number of nitrogens with one attached hydrogen (secondary N) is 2. The van der Waals surface area contributed by atoms with Crippen molar-refractivity contribution in [2.45, 2.75) is 64.2 Å². The molecule has 0 bridgehead atoms. The van der Waals surface area contributed by atoms with Gasteiger partial charge in [-0.15, -0.1) is 0 Å². The first-order valence-corrected chi connectivity index (χ1v) is 9.27. The predicted molar refractivity (Wildman–Crippen MR) is 95.3 cm³/mol. The van der Waals surface area contributed by atoms with Crippen LogP contribution in [0.2, 0.25) is 0 Å². The highest BCUT2D eigenvalue weighted by molar-refractivity contribution is 5.94. The number of nitrogens with zero attached hydrogens (tertiary/aromatic N) is 3. The molecule has 0 spiro atoms. The predicted octanol–water partition coefficient (Wildman–Crippen LogP) is 1.84. The van der Waals surface area contributed by atoms with Crippen molar-refractivity contribution in [2.75, 3.05) is 0 Å². The molecule has 132 valence electrons. The summed E-state index contributed by atoms with van der Waals surface area (Å²) in [4.78, 5) is 16.6. The molecule has 4 rings (SSSR count). The van der Waals surface area contributed by atoms with Crippen molar-refractivity contribution in [1.29, 1.82) is 0 Å². The maximum atomic E-state index is 12.0. The quantitative estimate of drug-likeness (QED) is 0.842. The molecule has 6 heteroatoms. The van der Waals surface area contributed by atoms with E-state index in [0.717, 1.165) is 62.4 Å². The van der Waals surface area contributed by atoms with Crippen LogP contribution >= 0.6 is 0 Å². The first-order valence-electron chi connectivity index (χ1n) is 9.27. The lowest BCUT2D eigenvalue weighted by molar-refractivity contribution is 0.0951. The van der Waals surface area contributed by atoms with Crippen molar-refractivity contribution >= 4 is 5.91 Å². The van der Waals surface area contributed by atoms with E-state index >= 15 is 0 Å². The Balaban J connectivity index is 1.30. The number of amides is 1. The van der Waals surface area contributed by atoms with Gasteiger partial charge in [0.1, 0.15) is 5.82 Å². The van der Waals surface area contributed by atoms with Gasteiger partial charge < -0.3 is 10.6 Å². The van der Waals surface area contributed by atoms with Crippen LogP contribution in [-0.2, 0) is 25.9 Å². The number of carbonyl (C=O) groups excluding carboxylic acids is 1. The van der Waals surface area contributed by atoms with Gasteiger partial charge in [0.05, 0.1) is 6.54 Å². The summed E-state index contributed by atoms with van der Waals surface area (Å²) in [7, 11) is 0. The van der Waals surface area contributed by atoms with Gasteiger partial charge in [0, 0.05) is 37.0 Å². The molecular weight excluding hydrogens is 314 g/mol. The molecule has 2 heterocycles. The minimum Gasteiger partial charge on any atom is -0.349 e. The SMILES string of the molecule is CCc1nc2n(n1)C[C@@H](NCc1ccc(C(=O)NC3CC3)cc1)CC2. The molecule has 0 unspecified atom stereocenters. The monoisotopic (exact) mass is 339 g/mol. The minimum atomic E-state index is 0.0414. The topological polar surface area (TPSA) is 71.8 Å². The molecular formula is C19H25N5O. The second-order valence-corrected chi connectivity index (χ2v) is 7.04. The molecule has 0 saturated heterocycles. The summed E-state index contributed by atoms with van der Waals surface area (Å²) in [5.41, 5.74) is 1.94. The summed E-state index contributed by atoms with van der Waals surface area (Å²) in [6.07, 6.45) is 5.18. The molecule has 1 aliphatic heterocycles. The Kier molecular flexibility index (Phi) is 4.53. The van der Waals surface area contributed by atoms with Gasteiger partial charge in [-0.1, -0.05) is 19.1 Å². The smallest absolute Gasteiger partial charge is 0.251 e. The summed E-state index contributed by atoms with van der Waals surface area (Å²) in [6.45, 7) is 3.77. The standard InChI is InChI=1S/C19H25N5O/c1-2-17-22-18-10-9-16(12-24(18)23-17)20-11-13-3-5-14(6-4-13)19(25)21-15-7-8-15/h3-6,15-16,20H,2,7-12H2,1H3,(H,21,25)/t16-/m0/s1. The number of carbonyl (C=O) groups is 1. The Labute approximate surface area is 148 Å². The van der Waals surface area contributed by atoms with E-state index in [1.807, 2.05) is 28.9 Å². The highest BCUT2D eigenvalue weighted by Crippen LogP contribution is 2.19. The van der Waals surface area contributed by atoms with Crippen LogP contribution < -0.4 is 10.6 Å². The Bertz CT molecular complexity index is 748.